The van der Waals surface area contributed by atoms with Crippen molar-refractivity contribution in [2.75, 3.05) is 0 Å². The molecule has 3 rings (SSSR count). The van der Waals surface area contributed by atoms with Gasteiger partial charge in [0.05, 0.1) is 0 Å². The second-order valence-electron chi connectivity index (χ2n) is 8.78. The first-order valence-corrected chi connectivity index (χ1v) is 9.43. The maximum atomic E-state index is 10.9. The molecule has 0 aliphatic heterocycles. The summed E-state index contributed by atoms with van der Waals surface area (Å²) in [5.41, 5.74) is 4.27. The Kier molecular flexibility index (Phi) is 4.90. The molecule has 2 aromatic carbocycles. The van der Waals surface area contributed by atoms with E-state index >= 15 is 0 Å². The van der Waals surface area contributed by atoms with E-state index in [0.29, 0.717) is 5.57 Å². The van der Waals surface area contributed by atoms with Crippen LogP contribution in [0.15, 0.2) is 48.0 Å². The van der Waals surface area contributed by atoms with E-state index < -0.39 is 5.97 Å². The highest BCUT2D eigenvalue weighted by atomic mass is 16.5. The summed E-state index contributed by atoms with van der Waals surface area (Å²) in [4.78, 5) is 10.9. The molecule has 0 heterocycles. The third-order valence-corrected chi connectivity index (χ3v) is 5.66. The van der Waals surface area contributed by atoms with E-state index in [1.54, 1.807) is 13.0 Å². The van der Waals surface area contributed by atoms with Crippen LogP contribution in [0.4, 0.5) is 0 Å². The van der Waals surface area contributed by atoms with Gasteiger partial charge in [0.15, 0.2) is 0 Å². The molecule has 1 aliphatic rings. The molecule has 0 saturated carbocycles. The van der Waals surface area contributed by atoms with E-state index in [9.17, 15) is 4.79 Å². The molecule has 3 heteroatoms. The Morgan fingerprint density at radius 1 is 0.926 bits per heavy atom. The Balaban J connectivity index is 1.85. The topological polar surface area (TPSA) is 46.5 Å². The number of carboxylic acids is 1. The van der Waals surface area contributed by atoms with Gasteiger partial charge < -0.3 is 9.84 Å². The molecule has 0 aromatic heterocycles. The monoisotopic (exact) mass is 364 g/mol. The molecular weight excluding hydrogens is 336 g/mol. The highest BCUT2D eigenvalue weighted by molar-refractivity contribution is 5.91. The molecule has 0 radical (unpaired) electrons. The number of fused-ring (bicyclic) bond motifs is 1. The van der Waals surface area contributed by atoms with Gasteiger partial charge in [-0.3, -0.25) is 0 Å². The Bertz CT molecular complexity index is 886. The van der Waals surface area contributed by atoms with Crippen LogP contribution in [0.2, 0.25) is 0 Å². The summed E-state index contributed by atoms with van der Waals surface area (Å²) in [6, 6.07) is 13.9. The molecule has 3 nitrogen and oxygen atoms in total. The Morgan fingerprint density at radius 2 is 1.48 bits per heavy atom. The molecule has 0 unspecified atom stereocenters. The number of hydrogen-bond acceptors (Lipinski definition) is 2. The molecule has 0 amide bonds. The van der Waals surface area contributed by atoms with Crippen molar-refractivity contribution >= 4 is 12.0 Å². The number of aliphatic carboxylic acids is 1. The lowest BCUT2D eigenvalue weighted by Crippen LogP contribution is -2.33. The third-order valence-electron chi connectivity index (χ3n) is 5.66. The van der Waals surface area contributed by atoms with E-state index in [4.69, 9.17) is 9.84 Å². The Morgan fingerprint density at radius 3 is 2.07 bits per heavy atom. The van der Waals surface area contributed by atoms with Crippen molar-refractivity contribution in [1.82, 2.24) is 0 Å². The number of carboxylic acid groups (broad SMARTS) is 1. The van der Waals surface area contributed by atoms with E-state index in [2.05, 4.69) is 39.8 Å². The molecule has 1 N–H and O–H groups in total. The highest BCUT2D eigenvalue weighted by Crippen LogP contribution is 2.47. The minimum Gasteiger partial charge on any atom is -0.478 e. The van der Waals surface area contributed by atoms with Crippen molar-refractivity contribution < 1.29 is 14.6 Å². The van der Waals surface area contributed by atoms with Crippen LogP contribution in [0, 0.1) is 0 Å². The van der Waals surface area contributed by atoms with Crippen LogP contribution in [0.25, 0.3) is 6.08 Å². The standard InChI is InChI=1S/C24H28O3/c1-16(22(25)26)14-17-6-8-18(9-7-17)27-19-10-11-20-21(15-19)24(4,5)13-12-23(20,2)3/h6-11,14-15H,12-13H2,1-5H3,(H,25,26). The molecule has 2 aromatic rings. The average Bonchev–Trinajstić information content (AvgIpc) is 2.61. The van der Waals surface area contributed by atoms with Crippen molar-refractivity contribution in [1.29, 1.82) is 0 Å². The fourth-order valence-corrected chi connectivity index (χ4v) is 3.71. The summed E-state index contributed by atoms with van der Waals surface area (Å²) >= 11 is 0. The second kappa shape index (κ2) is 6.88. The van der Waals surface area contributed by atoms with Crippen molar-refractivity contribution in [2.24, 2.45) is 0 Å². The smallest absolute Gasteiger partial charge is 0.331 e. The molecule has 0 bridgehead atoms. The predicted octanol–water partition coefficient (Wildman–Crippen LogP) is 6.32. The SMILES string of the molecule is CC(=Cc1ccc(Oc2ccc3c(c2)C(C)(C)CCC3(C)C)cc1)C(=O)O. The van der Waals surface area contributed by atoms with E-state index in [1.807, 2.05) is 30.3 Å². The molecule has 0 fully saturated rings. The van der Waals surface area contributed by atoms with Crippen LogP contribution >= 0.6 is 0 Å². The number of benzene rings is 2. The van der Waals surface area contributed by atoms with Gasteiger partial charge in [0.2, 0.25) is 0 Å². The summed E-state index contributed by atoms with van der Waals surface area (Å²) < 4.78 is 6.08. The second-order valence-corrected chi connectivity index (χ2v) is 8.78. The van der Waals surface area contributed by atoms with E-state index in [-0.39, 0.29) is 10.8 Å². The number of hydrogen-bond donors (Lipinski definition) is 1. The van der Waals surface area contributed by atoms with Crippen molar-refractivity contribution in [3.63, 3.8) is 0 Å². The van der Waals surface area contributed by atoms with Gasteiger partial charge in [-0.05, 0) is 77.6 Å². The first-order valence-electron chi connectivity index (χ1n) is 9.43. The maximum Gasteiger partial charge on any atom is 0.331 e. The average molecular weight is 364 g/mol. The summed E-state index contributed by atoms with van der Waals surface area (Å²) in [6.07, 6.45) is 4.01. The van der Waals surface area contributed by atoms with Gasteiger partial charge in [0, 0.05) is 5.57 Å². The highest BCUT2D eigenvalue weighted by Gasteiger charge is 2.37. The molecule has 0 atom stereocenters. The fourth-order valence-electron chi connectivity index (χ4n) is 3.71. The number of rotatable bonds is 4. The van der Waals surface area contributed by atoms with Crippen LogP contribution in [0.3, 0.4) is 0 Å². The quantitative estimate of drug-likeness (QED) is 0.646. The van der Waals surface area contributed by atoms with Gasteiger partial charge in [0.25, 0.3) is 0 Å². The zero-order valence-electron chi connectivity index (χ0n) is 16.8. The Hall–Kier alpha value is -2.55. The molecular formula is C24H28O3. The van der Waals surface area contributed by atoms with Crippen molar-refractivity contribution in [2.45, 2.75) is 58.3 Å². The summed E-state index contributed by atoms with van der Waals surface area (Å²) in [5.74, 6) is 0.674. The molecule has 1 aliphatic carbocycles. The number of ether oxygens (including phenoxy) is 1. The Labute approximate surface area is 161 Å². The van der Waals surface area contributed by atoms with E-state index in [1.165, 1.54) is 24.0 Å². The van der Waals surface area contributed by atoms with Gasteiger partial charge in [0.1, 0.15) is 11.5 Å². The van der Waals surface area contributed by atoms with Crippen molar-refractivity contribution in [3.05, 3.63) is 64.7 Å². The fraction of sp³-hybridized carbons (Fsp3) is 0.375. The summed E-state index contributed by atoms with van der Waals surface area (Å²) in [7, 11) is 0. The molecule has 142 valence electrons. The first-order chi connectivity index (χ1) is 12.6. The molecule has 0 saturated heterocycles. The summed E-state index contributed by atoms with van der Waals surface area (Å²) in [5, 5.41) is 8.98. The van der Waals surface area contributed by atoms with Crippen LogP contribution in [0.5, 0.6) is 11.5 Å². The van der Waals surface area contributed by atoms with Gasteiger partial charge in [-0.1, -0.05) is 45.9 Å². The van der Waals surface area contributed by atoms with Gasteiger partial charge in [-0.25, -0.2) is 4.79 Å². The van der Waals surface area contributed by atoms with Crippen LogP contribution in [-0.4, -0.2) is 11.1 Å². The lowest BCUT2D eigenvalue weighted by atomic mass is 9.63. The van der Waals surface area contributed by atoms with E-state index in [0.717, 1.165) is 17.1 Å². The zero-order valence-corrected chi connectivity index (χ0v) is 16.8. The lowest BCUT2D eigenvalue weighted by Gasteiger charge is -2.41. The normalized spacial score (nSPS) is 17.9. The minimum absolute atomic E-state index is 0.146. The van der Waals surface area contributed by atoms with Crippen LogP contribution in [-0.2, 0) is 15.6 Å². The maximum absolute atomic E-state index is 10.9. The summed E-state index contributed by atoms with van der Waals surface area (Å²) in [6.45, 7) is 10.8. The van der Waals surface area contributed by atoms with Gasteiger partial charge >= 0.3 is 5.97 Å². The molecule has 27 heavy (non-hydrogen) atoms. The van der Waals surface area contributed by atoms with Gasteiger partial charge in [-0.2, -0.15) is 0 Å². The third kappa shape index (κ3) is 4.08. The minimum atomic E-state index is -0.907. The number of carbonyl (C=O) groups is 1. The van der Waals surface area contributed by atoms with Gasteiger partial charge in [-0.15, -0.1) is 0 Å². The van der Waals surface area contributed by atoms with Crippen LogP contribution in [0.1, 0.15) is 64.2 Å². The zero-order chi connectivity index (χ0) is 19.8. The van der Waals surface area contributed by atoms with Crippen LogP contribution < -0.4 is 4.74 Å². The lowest BCUT2D eigenvalue weighted by molar-refractivity contribution is -0.132. The first kappa shape index (κ1) is 19.2. The largest absolute Gasteiger partial charge is 0.478 e. The van der Waals surface area contributed by atoms with Crippen molar-refractivity contribution in [3.8, 4) is 11.5 Å². The molecule has 0 spiro atoms. The predicted molar refractivity (Wildman–Crippen MR) is 110 cm³/mol.